The van der Waals surface area contributed by atoms with Gasteiger partial charge in [0.1, 0.15) is 0 Å². The van der Waals surface area contributed by atoms with Gasteiger partial charge in [0.25, 0.3) is 0 Å². The SMILES string of the molecule is CCOC(=O)c1cccc(NC2CCC(N)C2)c1. The van der Waals surface area contributed by atoms with Gasteiger partial charge >= 0.3 is 5.97 Å². The van der Waals surface area contributed by atoms with Crippen LogP contribution < -0.4 is 11.1 Å². The average Bonchev–Trinajstić information content (AvgIpc) is 2.75. The molecule has 2 unspecified atom stereocenters. The van der Waals surface area contributed by atoms with Gasteiger partial charge in [0.2, 0.25) is 0 Å². The van der Waals surface area contributed by atoms with E-state index in [1.807, 2.05) is 18.2 Å². The molecule has 0 radical (unpaired) electrons. The van der Waals surface area contributed by atoms with Gasteiger partial charge in [0, 0.05) is 17.8 Å². The molecule has 0 aromatic heterocycles. The Kier molecular flexibility index (Phi) is 4.20. The Morgan fingerprint density at radius 1 is 1.50 bits per heavy atom. The zero-order valence-corrected chi connectivity index (χ0v) is 10.7. The number of nitrogens with one attached hydrogen (secondary N) is 1. The van der Waals surface area contributed by atoms with E-state index in [0.717, 1.165) is 24.9 Å². The van der Waals surface area contributed by atoms with Crippen molar-refractivity contribution in [3.8, 4) is 0 Å². The Labute approximate surface area is 108 Å². The maximum atomic E-state index is 11.6. The number of rotatable bonds is 4. The molecule has 1 fully saturated rings. The summed E-state index contributed by atoms with van der Waals surface area (Å²) in [5.41, 5.74) is 7.43. The van der Waals surface area contributed by atoms with Crippen LogP contribution in [0.3, 0.4) is 0 Å². The van der Waals surface area contributed by atoms with E-state index in [2.05, 4.69) is 5.32 Å². The number of carbonyl (C=O) groups excluding carboxylic acids is 1. The maximum Gasteiger partial charge on any atom is 0.338 e. The summed E-state index contributed by atoms with van der Waals surface area (Å²) in [6.45, 7) is 2.20. The minimum Gasteiger partial charge on any atom is -0.462 e. The lowest BCUT2D eigenvalue weighted by Gasteiger charge is -2.14. The highest BCUT2D eigenvalue weighted by molar-refractivity contribution is 5.90. The van der Waals surface area contributed by atoms with Gasteiger partial charge in [-0.2, -0.15) is 0 Å². The Morgan fingerprint density at radius 3 is 3.00 bits per heavy atom. The third-order valence-corrected chi connectivity index (χ3v) is 3.22. The summed E-state index contributed by atoms with van der Waals surface area (Å²) in [4.78, 5) is 11.6. The van der Waals surface area contributed by atoms with Crippen LogP contribution >= 0.6 is 0 Å². The van der Waals surface area contributed by atoms with E-state index in [4.69, 9.17) is 10.5 Å². The fourth-order valence-corrected chi connectivity index (χ4v) is 2.33. The predicted molar refractivity (Wildman–Crippen MR) is 71.6 cm³/mol. The third-order valence-electron chi connectivity index (χ3n) is 3.22. The van der Waals surface area contributed by atoms with E-state index < -0.39 is 0 Å². The number of carbonyl (C=O) groups is 1. The van der Waals surface area contributed by atoms with Gasteiger partial charge in [-0.25, -0.2) is 4.79 Å². The molecule has 2 atom stereocenters. The molecule has 1 saturated carbocycles. The van der Waals surface area contributed by atoms with E-state index in [9.17, 15) is 4.79 Å². The van der Waals surface area contributed by atoms with Crippen LogP contribution in [0.15, 0.2) is 24.3 Å². The maximum absolute atomic E-state index is 11.6. The normalized spacial score (nSPS) is 22.8. The van der Waals surface area contributed by atoms with Gasteiger partial charge < -0.3 is 15.8 Å². The average molecular weight is 248 g/mol. The van der Waals surface area contributed by atoms with E-state index in [0.29, 0.717) is 24.3 Å². The zero-order chi connectivity index (χ0) is 13.0. The van der Waals surface area contributed by atoms with Crippen molar-refractivity contribution >= 4 is 11.7 Å². The monoisotopic (exact) mass is 248 g/mol. The van der Waals surface area contributed by atoms with Crippen molar-refractivity contribution in [2.75, 3.05) is 11.9 Å². The van der Waals surface area contributed by atoms with Crippen molar-refractivity contribution in [1.29, 1.82) is 0 Å². The van der Waals surface area contributed by atoms with Crippen LogP contribution in [0.2, 0.25) is 0 Å². The number of nitrogens with two attached hydrogens (primary N) is 1. The van der Waals surface area contributed by atoms with Crippen LogP contribution in [0.5, 0.6) is 0 Å². The zero-order valence-electron chi connectivity index (χ0n) is 10.7. The van der Waals surface area contributed by atoms with E-state index in [1.54, 1.807) is 13.0 Å². The van der Waals surface area contributed by atoms with Gasteiger partial charge in [-0.15, -0.1) is 0 Å². The lowest BCUT2D eigenvalue weighted by molar-refractivity contribution is 0.0526. The van der Waals surface area contributed by atoms with Crippen molar-refractivity contribution in [2.24, 2.45) is 5.73 Å². The van der Waals surface area contributed by atoms with Crippen LogP contribution in [-0.2, 0) is 4.74 Å². The number of esters is 1. The van der Waals surface area contributed by atoms with Crippen molar-refractivity contribution in [2.45, 2.75) is 38.3 Å². The summed E-state index contributed by atoms with van der Waals surface area (Å²) in [7, 11) is 0. The van der Waals surface area contributed by atoms with E-state index >= 15 is 0 Å². The smallest absolute Gasteiger partial charge is 0.338 e. The first-order chi connectivity index (χ1) is 8.69. The number of anilines is 1. The fraction of sp³-hybridized carbons (Fsp3) is 0.500. The molecule has 0 amide bonds. The summed E-state index contributed by atoms with van der Waals surface area (Å²) in [6, 6.07) is 8.15. The molecule has 18 heavy (non-hydrogen) atoms. The minimum absolute atomic E-state index is 0.274. The van der Waals surface area contributed by atoms with Crippen molar-refractivity contribution < 1.29 is 9.53 Å². The summed E-state index contributed by atoms with van der Waals surface area (Å²) in [5.74, 6) is -0.274. The number of benzene rings is 1. The van der Waals surface area contributed by atoms with Gasteiger partial charge in [-0.05, 0) is 44.4 Å². The Bertz CT molecular complexity index is 420. The minimum atomic E-state index is -0.274. The van der Waals surface area contributed by atoms with Gasteiger partial charge in [-0.1, -0.05) is 6.07 Å². The Morgan fingerprint density at radius 2 is 2.33 bits per heavy atom. The molecule has 1 aliphatic rings. The standard InChI is InChI=1S/C14H20N2O2/c1-2-18-14(17)10-4-3-5-12(8-10)16-13-7-6-11(15)9-13/h3-5,8,11,13,16H,2,6-7,9,15H2,1H3. The first-order valence-electron chi connectivity index (χ1n) is 6.48. The molecule has 1 aliphatic carbocycles. The molecular weight excluding hydrogens is 228 g/mol. The van der Waals surface area contributed by atoms with Crippen LogP contribution in [0.25, 0.3) is 0 Å². The molecule has 0 saturated heterocycles. The van der Waals surface area contributed by atoms with Crippen LogP contribution in [0.1, 0.15) is 36.5 Å². The highest BCUT2D eigenvalue weighted by atomic mass is 16.5. The number of hydrogen-bond acceptors (Lipinski definition) is 4. The number of ether oxygens (including phenoxy) is 1. The van der Waals surface area contributed by atoms with Crippen molar-refractivity contribution in [1.82, 2.24) is 0 Å². The highest BCUT2D eigenvalue weighted by Gasteiger charge is 2.21. The van der Waals surface area contributed by atoms with Crippen LogP contribution in [0.4, 0.5) is 5.69 Å². The lowest BCUT2D eigenvalue weighted by atomic mass is 10.1. The Balaban J connectivity index is 2.01. The molecule has 4 nitrogen and oxygen atoms in total. The second-order valence-corrected chi connectivity index (χ2v) is 4.72. The molecule has 0 bridgehead atoms. The predicted octanol–water partition coefficient (Wildman–Crippen LogP) is 2.16. The summed E-state index contributed by atoms with van der Waals surface area (Å²) in [6.07, 6.45) is 3.14. The number of hydrogen-bond donors (Lipinski definition) is 2. The van der Waals surface area contributed by atoms with Gasteiger partial charge in [-0.3, -0.25) is 0 Å². The van der Waals surface area contributed by atoms with Crippen molar-refractivity contribution in [3.63, 3.8) is 0 Å². The van der Waals surface area contributed by atoms with Gasteiger partial charge in [0.05, 0.1) is 12.2 Å². The molecule has 0 aliphatic heterocycles. The molecule has 1 aromatic rings. The molecule has 3 N–H and O–H groups in total. The van der Waals surface area contributed by atoms with E-state index in [-0.39, 0.29) is 5.97 Å². The fourth-order valence-electron chi connectivity index (χ4n) is 2.33. The quantitative estimate of drug-likeness (QED) is 0.801. The molecule has 0 spiro atoms. The molecule has 0 heterocycles. The summed E-state index contributed by atoms with van der Waals surface area (Å²) in [5, 5.41) is 3.42. The summed E-state index contributed by atoms with van der Waals surface area (Å²) >= 11 is 0. The molecule has 2 rings (SSSR count). The first-order valence-corrected chi connectivity index (χ1v) is 6.48. The highest BCUT2D eigenvalue weighted by Crippen LogP contribution is 2.22. The molecule has 1 aromatic carbocycles. The third kappa shape index (κ3) is 3.23. The molecule has 4 heteroatoms. The lowest BCUT2D eigenvalue weighted by Crippen LogP contribution is -2.20. The summed E-state index contributed by atoms with van der Waals surface area (Å²) < 4.78 is 4.98. The second-order valence-electron chi connectivity index (χ2n) is 4.72. The topological polar surface area (TPSA) is 64.3 Å². The van der Waals surface area contributed by atoms with Crippen LogP contribution in [0, 0.1) is 0 Å². The first kappa shape index (κ1) is 12.9. The van der Waals surface area contributed by atoms with Crippen molar-refractivity contribution in [3.05, 3.63) is 29.8 Å². The largest absolute Gasteiger partial charge is 0.462 e. The molecule has 98 valence electrons. The second kappa shape index (κ2) is 5.87. The van der Waals surface area contributed by atoms with Gasteiger partial charge in [0.15, 0.2) is 0 Å². The van der Waals surface area contributed by atoms with E-state index in [1.165, 1.54) is 0 Å². The Hall–Kier alpha value is -1.55. The van der Waals surface area contributed by atoms with Crippen LogP contribution in [-0.4, -0.2) is 24.7 Å². The molecular formula is C14H20N2O2.